The summed E-state index contributed by atoms with van der Waals surface area (Å²) in [4.78, 5) is 14.1. The van der Waals surface area contributed by atoms with Gasteiger partial charge >= 0.3 is 5.97 Å². The topological polar surface area (TPSA) is 90.7 Å². The van der Waals surface area contributed by atoms with Crippen molar-refractivity contribution in [3.05, 3.63) is 16.1 Å². The molecule has 2 atom stereocenters. The number of carboxylic acid groups (broad SMARTS) is 1. The highest BCUT2D eigenvalue weighted by Gasteiger charge is 2.21. The van der Waals surface area contributed by atoms with E-state index in [1.54, 1.807) is 0 Å². The molecule has 5 nitrogen and oxygen atoms in total. The molecule has 0 aliphatic rings. The van der Waals surface area contributed by atoms with Gasteiger partial charge in [0.15, 0.2) is 5.69 Å². The molecule has 0 saturated heterocycles. The highest BCUT2D eigenvalue weighted by atomic mass is 35.5. The van der Waals surface area contributed by atoms with E-state index in [-0.39, 0.29) is 16.6 Å². The van der Waals surface area contributed by atoms with Crippen molar-refractivity contribution >= 4 is 28.9 Å². The average Bonchev–Trinajstić information content (AvgIpc) is 2.64. The summed E-state index contributed by atoms with van der Waals surface area (Å²) < 4.78 is 0. The average molecular weight is 238 g/mol. The second-order valence-electron chi connectivity index (χ2n) is 2.54. The Morgan fingerprint density at radius 3 is 2.71 bits per heavy atom. The van der Waals surface area contributed by atoms with Gasteiger partial charge in [-0.2, -0.15) is 0 Å². The van der Waals surface area contributed by atoms with Crippen molar-refractivity contribution in [1.29, 1.82) is 0 Å². The lowest BCUT2D eigenvalue weighted by Gasteiger charge is -2.11. The van der Waals surface area contributed by atoms with Gasteiger partial charge < -0.3 is 15.3 Å². The first-order valence-electron chi connectivity index (χ1n) is 3.67. The van der Waals surface area contributed by atoms with Crippen LogP contribution in [-0.2, 0) is 0 Å². The molecular formula is C7H8ClNO4S. The van der Waals surface area contributed by atoms with Gasteiger partial charge in [0.05, 0.1) is 12.0 Å². The Hall–Kier alpha value is -0.690. The molecule has 0 amide bonds. The first-order chi connectivity index (χ1) is 6.56. The van der Waals surface area contributed by atoms with Crippen LogP contribution in [0.1, 0.15) is 21.6 Å². The summed E-state index contributed by atoms with van der Waals surface area (Å²) in [6, 6.07) is 0. The van der Waals surface area contributed by atoms with Gasteiger partial charge in [0.25, 0.3) is 0 Å². The Kier molecular flexibility index (Phi) is 3.82. The Morgan fingerprint density at radius 1 is 1.64 bits per heavy atom. The maximum Gasteiger partial charge on any atom is 0.355 e. The molecule has 1 aromatic rings. The third-order valence-corrected chi connectivity index (χ3v) is 2.75. The zero-order valence-electron chi connectivity index (χ0n) is 6.92. The largest absolute Gasteiger partial charge is 0.476 e. The maximum atomic E-state index is 10.5. The van der Waals surface area contributed by atoms with Crippen LogP contribution in [0.4, 0.5) is 0 Å². The van der Waals surface area contributed by atoms with Crippen LogP contribution >= 0.6 is 22.9 Å². The fourth-order valence-electron chi connectivity index (χ4n) is 0.771. The van der Waals surface area contributed by atoms with Gasteiger partial charge in [-0.15, -0.1) is 22.9 Å². The van der Waals surface area contributed by atoms with E-state index in [1.807, 2.05) is 0 Å². The summed E-state index contributed by atoms with van der Waals surface area (Å²) in [6.45, 7) is 0. The van der Waals surface area contributed by atoms with E-state index in [0.29, 0.717) is 0 Å². The molecule has 1 rings (SSSR count). The van der Waals surface area contributed by atoms with Gasteiger partial charge in [-0.3, -0.25) is 0 Å². The van der Waals surface area contributed by atoms with Gasteiger partial charge in [0.2, 0.25) is 0 Å². The second kappa shape index (κ2) is 4.70. The van der Waals surface area contributed by atoms with Crippen molar-refractivity contribution in [3.63, 3.8) is 0 Å². The fourth-order valence-corrected chi connectivity index (χ4v) is 1.77. The number of alkyl halides is 1. The number of aliphatic hydroxyl groups is 2. The maximum absolute atomic E-state index is 10.5. The summed E-state index contributed by atoms with van der Waals surface area (Å²) in [5.74, 6) is -1.30. The van der Waals surface area contributed by atoms with Gasteiger partial charge in [-0.05, 0) is 0 Å². The fraction of sp³-hybridized carbons (Fsp3) is 0.429. The number of nitrogens with zero attached hydrogens (tertiary/aromatic N) is 1. The molecule has 0 fully saturated rings. The molecule has 78 valence electrons. The van der Waals surface area contributed by atoms with Gasteiger partial charge in [-0.1, -0.05) is 0 Å². The quantitative estimate of drug-likeness (QED) is 0.663. The number of hydrogen-bond donors (Lipinski definition) is 3. The van der Waals surface area contributed by atoms with E-state index in [2.05, 4.69) is 4.98 Å². The van der Waals surface area contributed by atoms with E-state index in [4.69, 9.17) is 21.8 Å². The van der Waals surface area contributed by atoms with Crippen molar-refractivity contribution in [2.45, 2.75) is 12.2 Å². The van der Waals surface area contributed by atoms with Crippen molar-refractivity contribution in [3.8, 4) is 0 Å². The van der Waals surface area contributed by atoms with Crippen molar-refractivity contribution in [1.82, 2.24) is 4.98 Å². The molecular weight excluding hydrogens is 230 g/mol. The summed E-state index contributed by atoms with van der Waals surface area (Å²) in [5, 5.41) is 28.6. The third kappa shape index (κ3) is 2.42. The number of aromatic carboxylic acids is 1. The van der Waals surface area contributed by atoms with Crippen LogP contribution in [0.25, 0.3) is 0 Å². The number of rotatable bonds is 4. The van der Waals surface area contributed by atoms with Crippen molar-refractivity contribution in [2.24, 2.45) is 0 Å². The molecule has 0 spiro atoms. The molecule has 0 aromatic carbocycles. The minimum absolute atomic E-state index is 0.136. The minimum Gasteiger partial charge on any atom is -0.476 e. The number of aromatic nitrogens is 1. The molecule has 7 heteroatoms. The van der Waals surface area contributed by atoms with E-state index in [9.17, 15) is 9.90 Å². The highest BCUT2D eigenvalue weighted by molar-refractivity contribution is 7.09. The van der Waals surface area contributed by atoms with Crippen LogP contribution < -0.4 is 0 Å². The summed E-state index contributed by atoms with van der Waals surface area (Å²) >= 11 is 6.29. The molecule has 0 bridgehead atoms. The van der Waals surface area contributed by atoms with Crippen LogP contribution in [0.2, 0.25) is 0 Å². The molecule has 0 aliphatic carbocycles. The van der Waals surface area contributed by atoms with Crippen molar-refractivity contribution < 1.29 is 20.1 Å². The first kappa shape index (κ1) is 11.4. The molecule has 0 radical (unpaired) electrons. The molecule has 1 aromatic heterocycles. The monoisotopic (exact) mass is 237 g/mol. The molecule has 2 unspecified atom stereocenters. The molecule has 3 N–H and O–H groups in total. The van der Waals surface area contributed by atoms with E-state index < -0.39 is 18.2 Å². The second-order valence-corrected chi connectivity index (χ2v) is 3.74. The SMILES string of the molecule is O=C(O)c1csc(C(O)C(O)CCl)n1. The lowest BCUT2D eigenvalue weighted by molar-refractivity contribution is 0.0323. The molecule has 14 heavy (non-hydrogen) atoms. The van der Waals surface area contributed by atoms with Crippen molar-refractivity contribution in [2.75, 3.05) is 5.88 Å². The predicted molar refractivity (Wildman–Crippen MR) is 50.8 cm³/mol. The van der Waals surface area contributed by atoms with Crippen LogP contribution in [0.5, 0.6) is 0 Å². The predicted octanol–water partition coefficient (Wildman–Crippen LogP) is 0.474. The lowest BCUT2D eigenvalue weighted by atomic mass is 10.2. The standard InChI is InChI=1S/C7H8ClNO4S/c8-1-4(10)5(11)6-9-3(2-14-6)7(12)13/h2,4-5,10-11H,1H2,(H,12,13). The number of halogens is 1. The van der Waals surface area contributed by atoms with E-state index in [1.165, 1.54) is 5.38 Å². The Labute approximate surface area is 88.6 Å². The zero-order chi connectivity index (χ0) is 10.7. The lowest BCUT2D eigenvalue weighted by Crippen LogP contribution is -2.19. The van der Waals surface area contributed by atoms with Crippen LogP contribution in [-0.4, -0.2) is 38.3 Å². The van der Waals surface area contributed by atoms with E-state index in [0.717, 1.165) is 11.3 Å². The normalized spacial score (nSPS) is 15.1. The minimum atomic E-state index is -1.23. The van der Waals surface area contributed by atoms with Crippen LogP contribution in [0.15, 0.2) is 5.38 Å². The first-order valence-corrected chi connectivity index (χ1v) is 5.08. The highest BCUT2D eigenvalue weighted by Crippen LogP contribution is 2.21. The Balaban J connectivity index is 2.81. The number of hydrogen-bond acceptors (Lipinski definition) is 5. The Bertz CT molecular complexity index is 329. The molecule has 1 heterocycles. The number of carbonyl (C=O) groups is 1. The molecule has 0 saturated carbocycles. The van der Waals surface area contributed by atoms with Gasteiger partial charge in [-0.25, -0.2) is 9.78 Å². The summed E-state index contributed by atoms with van der Waals surface area (Å²) in [7, 11) is 0. The third-order valence-electron chi connectivity index (χ3n) is 1.52. The van der Waals surface area contributed by atoms with Gasteiger partial charge in [0.1, 0.15) is 11.1 Å². The molecule has 0 aliphatic heterocycles. The number of carboxylic acids is 1. The number of thiazole rings is 1. The van der Waals surface area contributed by atoms with Crippen LogP contribution in [0.3, 0.4) is 0 Å². The Morgan fingerprint density at radius 2 is 2.29 bits per heavy atom. The smallest absolute Gasteiger partial charge is 0.355 e. The summed E-state index contributed by atoms with van der Waals surface area (Å²) in [6.07, 6.45) is -2.37. The van der Waals surface area contributed by atoms with Gasteiger partial charge in [0, 0.05) is 5.38 Å². The van der Waals surface area contributed by atoms with E-state index >= 15 is 0 Å². The summed E-state index contributed by atoms with van der Waals surface area (Å²) in [5.41, 5.74) is -0.147. The number of aliphatic hydroxyl groups excluding tert-OH is 2. The van der Waals surface area contributed by atoms with Crippen LogP contribution in [0, 0.1) is 0 Å². The zero-order valence-corrected chi connectivity index (χ0v) is 8.49.